The first kappa shape index (κ1) is 27.7. The molecule has 0 aliphatic heterocycles. The summed E-state index contributed by atoms with van der Waals surface area (Å²) in [6, 6.07) is 19.2. The zero-order valence-corrected chi connectivity index (χ0v) is 23.6. The van der Waals surface area contributed by atoms with Crippen molar-refractivity contribution < 1.29 is 14.0 Å². The molecule has 192 valence electrons. The third kappa shape index (κ3) is 6.09. The van der Waals surface area contributed by atoms with Gasteiger partial charge >= 0.3 is 0 Å². The van der Waals surface area contributed by atoms with Crippen LogP contribution in [0.1, 0.15) is 77.9 Å². The van der Waals surface area contributed by atoms with Gasteiger partial charge in [0.15, 0.2) is 5.78 Å². The monoisotopic (exact) mass is 513 g/mol. The molecule has 0 bridgehead atoms. The summed E-state index contributed by atoms with van der Waals surface area (Å²) in [5, 5.41) is 12.1. The molecule has 0 aliphatic carbocycles. The van der Waals surface area contributed by atoms with E-state index in [4.69, 9.17) is 10.2 Å². The van der Waals surface area contributed by atoms with Gasteiger partial charge in [-0.2, -0.15) is 5.26 Å². The van der Waals surface area contributed by atoms with Crippen LogP contribution in [0.25, 0.3) is 0 Å². The SMILES string of the molecule is CC(C)c1ccc(C(=O)Nc2c(N)ccc(O[Si](C)(C)C(C)(C)C)c2C(=O)c2cccc(C#N)c2)cc1. The van der Waals surface area contributed by atoms with E-state index in [0.29, 0.717) is 28.4 Å². The summed E-state index contributed by atoms with van der Waals surface area (Å²) in [5.41, 5.74) is 9.19. The highest BCUT2D eigenvalue weighted by molar-refractivity contribution is 6.74. The lowest BCUT2D eigenvalue weighted by molar-refractivity contribution is 0.102. The van der Waals surface area contributed by atoms with E-state index < -0.39 is 8.32 Å². The van der Waals surface area contributed by atoms with Gasteiger partial charge in [-0.25, -0.2) is 0 Å². The molecule has 37 heavy (non-hydrogen) atoms. The number of amides is 1. The van der Waals surface area contributed by atoms with Gasteiger partial charge in [-0.1, -0.05) is 58.9 Å². The van der Waals surface area contributed by atoms with Crippen molar-refractivity contribution in [3.8, 4) is 11.8 Å². The first-order valence-corrected chi connectivity index (χ1v) is 15.2. The van der Waals surface area contributed by atoms with E-state index in [9.17, 15) is 14.9 Å². The molecule has 1 amide bonds. The first-order chi connectivity index (χ1) is 17.2. The van der Waals surface area contributed by atoms with E-state index in [1.165, 1.54) is 6.07 Å². The molecule has 7 heteroatoms. The van der Waals surface area contributed by atoms with Crippen LogP contribution in [0.15, 0.2) is 60.7 Å². The first-order valence-electron chi connectivity index (χ1n) is 12.3. The van der Waals surface area contributed by atoms with Crippen molar-refractivity contribution in [2.75, 3.05) is 11.1 Å². The second-order valence-corrected chi connectivity index (χ2v) is 15.7. The number of ketones is 1. The molecule has 3 rings (SSSR count). The Morgan fingerprint density at radius 3 is 2.22 bits per heavy atom. The van der Waals surface area contributed by atoms with E-state index in [1.807, 2.05) is 12.1 Å². The van der Waals surface area contributed by atoms with Gasteiger partial charge in [0.2, 0.25) is 0 Å². The molecule has 0 spiro atoms. The van der Waals surface area contributed by atoms with Crippen molar-refractivity contribution in [3.05, 3.63) is 88.5 Å². The summed E-state index contributed by atoms with van der Waals surface area (Å²) in [6.07, 6.45) is 0. The molecular weight excluding hydrogens is 478 g/mol. The number of nitrogens with zero attached hydrogens (tertiary/aromatic N) is 1. The maximum atomic E-state index is 13.9. The summed E-state index contributed by atoms with van der Waals surface area (Å²) >= 11 is 0. The van der Waals surface area contributed by atoms with Gasteiger partial charge in [-0.05, 0) is 66.0 Å². The summed E-state index contributed by atoms with van der Waals surface area (Å²) in [4.78, 5) is 27.2. The normalized spacial score (nSPS) is 11.6. The van der Waals surface area contributed by atoms with Crippen LogP contribution >= 0.6 is 0 Å². The Bertz CT molecular complexity index is 1360. The summed E-state index contributed by atoms with van der Waals surface area (Å²) in [6.45, 7) is 14.7. The molecule has 0 radical (unpaired) electrons. The Balaban J connectivity index is 2.14. The minimum absolute atomic E-state index is 0.128. The molecule has 3 aromatic carbocycles. The quantitative estimate of drug-likeness (QED) is 0.199. The van der Waals surface area contributed by atoms with Crippen LogP contribution in [-0.4, -0.2) is 20.0 Å². The lowest BCUT2D eigenvalue weighted by Crippen LogP contribution is -2.44. The maximum absolute atomic E-state index is 13.9. The molecule has 3 N–H and O–H groups in total. The molecule has 6 nitrogen and oxygen atoms in total. The Hall–Kier alpha value is -3.89. The predicted octanol–water partition coefficient (Wildman–Crippen LogP) is 7.13. The lowest BCUT2D eigenvalue weighted by atomic mass is 9.98. The Morgan fingerprint density at radius 2 is 1.65 bits per heavy atom. The molecule has 0 saturated heterocycles. The van der Waals surface area contributed by atoms with Crippen molar-refractivity contribution in [1.29, 1.82) is 5.26 Å². The van der Waals surface area contributed by atoms with E-state index in [-0.39, 0.29) is 33.7 Å². The number of carbonyl (C=O) groups excluding carboxylic acids is 2. The summed E-state index contributed by atoms with van der Waals surface area (Å²) in [7, 11) is -2.36. The average molecular weight is 514 g/mol. The predicted molar refractivity (Wildman–Crippen MR) is 152 cm³/mol. The second-order valence-electron chi connectivity index (χ2n) is 11.0. The number of rotatable bonds is 7. The van der Waals surface area contributed by atoms with Gasteiger partial charge in [0.05, 0.1) is 28.6 Å². The average Bonchev–Trinajstić information content (AvgIpc) is 2.84. The minimum atomic E-state index is -2.36. The topological polar surface area (TPSA) is 105 Å². The smallest absolute Gasteiger partial charge is 0.255 e. The van der Waals surface area contributed by atoms with Gasteiger partial charge in [-0.3, -0.25) is 9.59 Å². The Kier molecular flexibility index (Phi) is 7.94. The number of carbonyl (C=O) groups is 2. The summed E-state index contributed by atoms with van der Waals surface area (Å²) in [5.74, 6) is -0.0706. The second kappa shape index (κ2) is 10.6. The van der Waals surface area contributed by atoms with Crippen molar-refractivity contribution in [2.45, 2.75) is 58.7 Å². The Morgan fingerprint density at radius 1 is 1.00 bits per heavy atom. The highest BCUT2D eigenvalue weighted by Crippen LogP contribution is 2.41. The third-order valence-corrected chi connectivity index (χ3v) is 11.3. The number of hydrogen-bond acceptors (Lipinski definition) is 5. The van der Waals surface area contributed by atoms with Crippen LogP contribution in [0.3, 0.4) is 0 Å². The van der Waals surface area contributed by atoms with Gasteiger partial charge in [0.1, 0.15) is 5.75 Å². The number of benzene rings is 3. The van der Waals surface area contributed by atoms with Crippen molar-refractivity contribution >= 4 is 31.4 Å². The fourth-order valence-electron chi connectivity index (χ4n) is 3.55. The van der Waals surface area contributed by atoms with Crippen molar-refractivity contribution in [1.82, 2.24) is 0 Å². The molecule has 0 atom stereocenters. The van der Waals surface area contributed by atoms with E-state index >= 15 is 0 Å². The van der Waals surface area contributed by atoms with E-state index in [0.717, 1.165) is 5.56 Å². The number of nitrogen functional groups attached to an aromatic ring is 1. The van der Waals surface area contributed by atoms with Crippen LogP contribution in [-0.2, 0) is 0 Å². The zero-order chi connectivity index (χ0) is 27.5. The number of anilines is 2. The van der Waals surface area contributed by atoms with Crippen LogP contribution < -0.4 is 15.5 Å². The van der Waals surface area contributed by atoms with Crippen LogP contribution in [0.4, 0.5) is 11.4 Å². The van der Waals surface area contributed by atoms with Crippen LogP contribution in [0.2, 0.25) is 18.1 Å². The molecule has 0 fully saturated rings. The summed E-state index contributed by atoms with van der Waals surface area (Å²) < 4.78 is 6.57. The minimum Gasteiger partial charge on any atom is -0.543 e. The lowest BCUT2D eigenvalue weighted by Gasteiger charge is -2.37. The van der Waals surface area contributed by atoms with Gasteiger partial charge in [-0.15, -0.1) is 0 Å². The standard InChI is InChI=1S/C30H35N3O3Si/c1-19(2)21-11-13-22(14-12-21)29(35)33-27-24(32)15-16-25(36-37(6,7)30(3,4)5)26(27)28(34)23-10-8-9-20(17-23)18-31/h8-17,19H,32H2,1-7H3,(H,33,35). The molecular formula is C30H35N3O3Si. The fourth-order valence-corrected chi connectivity index (χ4v) is 4.58. The molecule has 0 saturated carbocycles. The van der Waals surface area contributed by atoms with Gasteiger partial charge < -0.3 is 15.5 Å². The zero-order valence-electron chi connectivity index (χ0n) is 22.6. The number of nitrogens with one attached hydrogen (secondary N) is 1. The third-order valence-electron chi connectivity index (χ3n) is 6.93. The highest BCUT2D eigenvalue weighted by Gasteiger charge is 2.40. The largest absolute Gasteiger partial charge is 0.543 e. The molecule has 0 aliphatic rings. The fraction of sp³-hybridized carbons (Fsp3) is 0.300. The van der Waals surface area contributed by atoms with E-state index in [2.05, 4.69) is 59.1 Å². The molecule has 3 aromatic rings. The highest BCUT2D eigenvalue weighted by atomic mass is 28.4. The van der Waals surface area contributed by atoms with Crippen LogP contribution in [0.5, 0.6) is 5.75 Å². The number of nitrogens with two attached hydrogens (primary N) is 1. The molecule has 0 aromatic heterocycles. The van der Waals surface area contributed by atoms with Crippen LogP contribution in [0, 0.1) is 11.3 Å². The van der Waals surface area contributed by atoms with Gasteiger partial charge in [0, 0.05) is 11.1 Å². The van der Waals surface area contributed by atoms with Crippen molar-refractivity contribution in [2.24, 2.45) is 0 Å². The van der Waals surface area contributed by atoms with E-state index in [1.54, 1.807) is 42.5 Å². The maximum Gasteiger partial charge on any atom is 0.255 e. The molecule has 0 unspecified atom stereocenters. The van der Waals surface area contributed by atoms with Gasteiger partial charge in [0.25, 0.3) is 14.2 Å². The number of hydrogen-bond donors (Lipinski definition) is 2. The number of nitriles is 1. The van der Waals surface area contributed by atoms with Crippen molar-refractivity contribution in [3.63, 3.8) is 0 Å². The Labute approximate surface area is 220 Å². The molecule has 0 heterocycles.